The second kappa shape index (κ2) is 9.67. The molecule has 3 heterocycles. The third-order valence-electron chi connectivity index (χ3n) is 3.99. The Balaban J connectivity index is 0.00000121. The maximum atomic E-state index is 12.4. The van der Waals surface area contributed by atoms with Gasteiger partial charge in [0.2, 0.25) is 5.91 Å². The molecule has 0 aromatic carbocycles. The van der Waals surface area contributed by atoms with Gasteiger partial charge in [-0.15, -0.1) is 36.2 Å². The molecule has 22 heavy (non-hydrogen) atoms. The van der Waals surface area contributed by atoms with Crippen LogP contribution in [0.25, 0.3) is 0 Å². The zero-order chi connectivity index (χ0) is 13.8. The number of ether oxygens (including phenoxy) is 1. The van der Waals surface area contributed by atoms with Crippen LogP contribution in [0, 0.1) is 0 Å². The first-order chi connectivity index (χ1) is 9.83. The molecule has 126 valence electrons. The standard InChI is InChI=1S/C14H21N3O2S.2ClH/c18-13(8-12-10-19-6-3-15-12)17-5-1-2-11(9-17)14-16-4-7-20-14;;/h4,7,11-12,15H,1-3,5-6,8-10H2;2*1H. The highest BCUT2D eigenvalue weighted by molar-refractivity contribution is 7.09. The van der Waals surface area contributed by atoms with Crippen molar-refractivity contribution in [3.8, 4) is 0 Å². The van der Waals surface area contributed by atoms with Crippen molar-refractivity contribution in [3.05, 3.63) is 16.6 Å². The van der Waals surface area contributed by atoms with Crippen LogP contribution >= 0.6 is 36.2 Å². The Bertz CT molecular complexity index is 441. The molecule has 2 fully saturated rings. The molecule has 2 aliphatic rings. The molecule has 1 N–H and O–H groups in total. The lowest BCUT2D eigenvalue weighted by Crippen LogP contribution is -2.46. The lowest BCUT2D eigenvalue weighted by molar-refractivity contribution is -0.133. The fourth-order valence-electron chi connectivity index (χ4n) is 2.93. The third kappa shape index (κ3) is 5.06. The molecule has 2 aliphatic heterocycles. The minimum absolute atomic E-state index is 0. The Morgan fingerprint density at radius 1 is 1.50 bits per heavy atom. The number of carbonyl (C=O) groups is 1. The summed E-state index contributed by atoms with van der Waals surface area (Å²) in [5.41, 5.74) is 0. The van der Waals surface area contributed by atoms with E-state index in [4.69, 9.17) is 4.74 Å². The Morgan fingerprint density at radius 3 is 3.05 bits per heavy atom. The van der Waals surface area contributed by atoms with Crippen LogP contribution in [0.2, 0.25) is 0 Å². The average Bonchev–Trinajstić information content (AvgIpc) is 3.03. The zero-order valence-electron chi connectivity index (χ0n) is 12.4. The Labute approximate surface area is 147 Å². The number of hydrogen-bond acceptors (Lipinski definition) is 5. The van der Waals surface area contributed by atoms with E-state index in [9.17, 15) is 4.79 Å². The van der Waals surface area contributed by atoms with Gasteiger partial charge in [-0.3, -0.25) is 4.79 Å². The summed E-state index contributed by atoms with van der Waals surface area (Å²) in [5, 5.41) is 6.53. The highest BCUT2D eigenvalue weighted by Gasteiger charge is 2.27. The van der Waals surface area contributed by atoms with Crippen molar-refractivity contribution in [1.29, 1.82) is 0 Å². The van der Waals surface area contributed by atoms with Crippen molar-refractivity contribution < 1.29 is 9.53 Å². The molecule has 0 bridgehead atoms. The van der Waals surface area contributed by atoms with E-state index < -0.39 is 0 Å². The topological polar surface area (TPSA) is 54.5 Å². The zero-order valence-corrected chi connectivity index (χ0v) is 14.9. The van der Waals surface area contributed by atoms with E-state index in [0.717, 1.165) is 39.1 Å². The van der Waals surface area contributed by atoms with Gasteiger partial charge in [0.1, 0.15) is 0 Å². The van der Waals surface area contributed by atoms with Crippen LogP contribution in [0.15, 0.2) is 11.6 Å². The van der Waals surface area contributed by atoms with Crippen LogP contribution in [0.3, 0.4) is 0 Å². The SMILES string of the molecule is Cl.Cl.O=C(CC1COCCN1)N1CCCC(c2nccs2)C1. The van der Waals surface area contributed by atoms with E-state index in [-0.39, 0.29) is 36.8 Å². The number of nitrogens with one attached hydrogen (secondary N) is 1. The summed E-state index contributed by atoms with van der Waals surface area (Å²) in [4.78, 5) is 18.8. The van der Waals surface area contributed by atoms with E-state index in [1.165, 1.54) is 5.01 Å². The normalized spacial score (nSPS) is 25.0. The summed E-state index contributed by atoms with van der Waals surface area (Å²) < 4.78 is 5.41. The van der Waals surface area contributed by atoms with Gasteiger partial charge in [-0.25, -0.2) is 4.98 Å². The number of halogens is 2. The molecule has 2 saturated heterocycles. The lowest BCUT2D eigenvalue weighted by Gasteiger charge is -2.33. The molecule has 1 aromatic rings. The molecule has 0 radical (unpaired) electrons. The third-order valence-corrected chi connectivity index (χ3v) is 4.93. The number of thiazole rings is 1. The van der Waals surface area contributed by atoms with Gasteiger partial charge in [0.05, 0.1) is 18.2 Å². The maximum Gasteiger partial charge on any atom is 0.224 e. The first kappa shape index (κ1) is 19.6. The number of hydrogen-bond donors (Lipinski definition) is 1. The van der Waals surface area contributed by atoms with Crippen LogP contribution in [0.4, 0.5) is 0 Å². The molecule has 3 rings (SSSR count). The summed E-state index contributed by atoms with van der Waals surface area (Å²) in [6, 6.07) is 0.177. The van der Waals surface area contributed by atoms with Crippen LogP contribution in [0.1, 0.15) is 30.2 Å². The van der Waals surface area contributed by atoms with Gasteiger partial charge in [-0.05, 0) is 12.8 Å². The first-order valence-corrected chi connectivity index (χ1v) is 8.19. The van der Waals surface area contributed by atoms with Gasteiger partial charge in [-0.2, -0.15) is 0 Å². The van der Waals surface area contributed by atoms with Crippen molar-refractivity contribution in [2.45, 2.75) is 31.2 Å². The molecule has 8 heteroatoms. The van der Waals surface area contributed by atoms with Crippen LogP contribution < -0.4 is 5.32 Å². The van der Waals surface area contributed by atoms with E-state index in [1.807, 2.05) is 16.5 Å². The molecule has 0 spiro atoms. The highest BCUT2D eigenvalue weighted by atomic mass is 35.5. The quantitative estimate of drug-likeness (QED) is 0.888. The van der Waals surface area contributed by atoms with Crippen molar-refractivity contribution >= 4 is 42.1 Å². The number of aromatic nitrogens is 1. The molecular weight excluding hydrogens is 345 g/mol. The highest BCUT2D eigenvalue weighted by Crippen LogP contribution is 2.28. The number of nitrogens with zero attached hydrogens (tertiary/aromatic N) is 2. The maximum absolute atomic E-state index is 12.4. The summed E-state index contributed by atoms with van der Waals surface area (Å²) in [6.07, 6.45) is 4.61. The molecule has 1 aromatic heterocycles. The van der Waals surface area contributed by atoms with Crippen LogP contribution in [0.5, 0.6) is 0 Å². The summed E-state index contributed by atoms with van der Waals surface area (Å²) in [6.45, 7) is 3.95. The molecular formula is C14H23Cl2N3O2S. The lowest BCUT2D eigenvalue weighted by atomic mass is 9.98. The van der Waals surface area contributed by atoms with Crippen LogP contribution in [-0.2, 0) is 9.53 Å². The fourth-order valence-corrected chi connectivity index (χ4v) is 3.70. The predicted octanol–water partition coefficient (Wildman–Crippen LogP) is 2.07. The second-order valence-corrected chi connectivity index (χ2v) is 6.41. The second-order valence-electron chi connectivity index (χ2n) is 5.48. The summed E-state index contributed by atoms with van der Waals surface area (Å²) in [7, 11) is 0. The van der Waals surface area contributed by atoms with E-state index in [1.54, 1.807) is 11.3 Å². The number of likely N-dealkylation sites (tertiary alicyclic amines) is 1. The Morgan fingerprint density at radius 2 is 2.36 bits per heavy atom. The fraction of sp³-hybridized carbons (Fsp3) is 0.714. The minimum Gasteiger partial charge on any atom is -0.378 e. The van der Waals surface area contributed by atoms with Crippen molar-refractivity contribution in [3.63, 3.8) is 0 Å². The summed E-state index contributed by atoms with van der Waals surface area (Å²) >= 11 is 1.70. The van der Waals surface area contributed by atoms with Gasteiger partial charge >= 0.3 is 0 Å². The van der Waals surface area contributed by atoms with Crippen molar-refractivity contribution in [2.75, 3.05) is 32.8 Å². The average molecular weight is 368 g/mol. The van der Waals surface area contributed by atoms with Gasteiger partial charge in [0.15, 0.2) is 0 Å². The van der Waals surface area contributed by atoms with E-state index in [0.29, 0.717) is 18.9 Å². The largest absolute Gasteiger partial charge is 0.378 e. The van der Waals surface area contributed by atoms with Gasteiger partial charge in [0.25, 0.3) is 0 Å². The Kier molecular flexibility index (Phi) is 8.64. The number of rotatable bonds is 3. The first-order valence-electron chi connectivity index (χ1n) is 7.31. The minimum atomic E-state index is 0. The Hall–Kier alpha value is -0.400. The predicted molar refractivity (Wildman–Crippen MR) is 92.4 cm³/mol. The van der Waals surface area contributed by atoms with Crippen molar-refractivity contribution in [1.82, 2.24) is 15.2 Å². The van der Waals surface area contributed by atoms with Gasteiger partial charge in [-0.1, -0.05) is 0 Å². The number of carbonyl (C=O) groups excluding carboxylic acids is 1. The van der Waals surface area contributed by atoms with Gasteiger partial charge in [0, 0.05) is 49.6 Å². The molecule has 1 amide bonds. The van der Waals surface area contributed by atoms with E-state index in [2.05, 4.69) is 10.3 Å². The summed E-state index contributed by atoms with van der Waals surface area (Å²) in [5.74, 6) is 0.664. The van der Waals surface area contributed by atoms with E-state index >= 15 is 0 Å². The van der Waals surface area contributed by atoms with Crippen LogP contribution in [-0.4, -0.2) is 54.7 Å². The number of amides is 1. The molecule has 5 nitrogen and oxygen atoms in total. The number of morpholine rings is 1. The molecule has 0 saturated carbocycles. The molecule has 2 atom stereocenters. The van der Waals surface area contributed by atoms with Gasteiger partial charge < -0.3 is 15.0 Å². The smallest absolute Gasteiger partial charge is 0.224 e. The van der Waals surface area contributed by atoms with Crippen molar-refractivity contribution in [2.24, 2.45) is 0 Å². The number of piperidine rings is 1. The monoisotopic (exact) mass is 367 g/mol. The molecule has 0 aliphatic carbocycles. The molecule has 2 unspecified atom stereocenters.